The molecule has 0 fully saturated rings. The molecule has 0 aromatic rings. The van der Waals surface area contributed by atoms with Gasteiger partial charge in [0.05, 0.1) is 0 Å². The van der Waals surface area contributed by atoms with E-state index in [1.807, 2.05) is 0 Å². The average Bonchev–Trinajstić information content (AvgIpc) is 1.82. The number of carbonyl (C=O) groups excluding carboxylic acids is 1. The summed E-state index contributed by atoms with van der Waals surface area (Å²) in [5.41, 5.74) is -3.09. The second kappa shape index (κ2) is 4.06. The highest BCUT2D eigenvalue weighted by atomic mass is 19.4. The number of carbonyl (C=O) groups is 1. The Morgan fingerprint density at radius 2 is 1.85 bits per heavy atom. The number of ketones is 1. The van der Waals surface area contributed by atoms with Gasteiger partial charge < -0.3 is 10.2 Å². The van der Waals surface area contributed by atoms with Crippen LogP contribution in [0.15, 0.2) is 0 Å². The van der Waals surface area contributed by atoms with E-state index < -0.39 is 37.0 Å². The van der Waals surface area contributed by atoms with E-state index in [2.05, 4.69) is 0 Å². The summed E-state index contributed by atoms with van der Waals surface area (Å²) >= 11 is 0. The van der Waals surface area contributed by atoms with E-state index in [0.29, 0.717) is 0 Å². The van der Waals surface area contributed by atoms with Gasteiger partial charge in [-0.3, -0.25) is 4.79 Å². The number of hydrogen-bond acceptors (Lipinski definition) is 3. The van der Waals surface area contributed by atoms with Crippen LogP contribution >= 0.6 is 0 Å². The van der Waals surface area contributed by atoms with Crippen molar-refractivity contribution in [3.05, 3.63) is 0 Å². The lowest BCUT2D eigenvalue weighted by Gasteiger charge is -2.28. The van der Waals surface area contributed by atoms with Crippen molar-refractivity contribution < 1.29 is 28.2 Å². The third kappa shape index (κ3) is 3.31. The van der Waals surface area contributed by atoms with Crippen LogP contribution in [0.4, 0.5) is 13.2 Å². The molecule has 0 bridgehead atoms. The molecule has 0 saturated carbocycles. The Morgan fingerprint density at radius 3 is 2.08 bits per heavy atom. The molecule has 0 aliphatic rings. The molecule has 0 saturated heterocycles. The first-order valence-electron chi connectivity index (χ1n) is 3.62. The first-order valence-corrected chi connectivity index (χ1v) is 3.62. The summed E-state index contributed by atoms with van der Waals surface area (Å²) in [6.45, 7) is 0.136. The monoisotopic (exact) mass is 200 g/mol. The van der Waals surface area contributed by atoms with Crippen LogP contribution in [0, 0.1) is 0 Å². The summed E-state index contributed by atoms with van der Waals surface area (Å²) in [6.07, 6.45) is -6.78. The third-order valence-corrected chi connectivity index (χ3v) is 1.59. The summed E-state index contributed by atoms with van der Waals surface area (Å²) in [5, 5.41) is 17.3. The maximum atomic E-state index is 12.1. The van der Waals surface area contributed by atoms with Crippen LogP contribution in [0.5, 0.6) is 0 Å². The van der Waals surface area contributed by atoms with Crippen molar-refractivity contribution in [1.82, 2.24) is 0 Å². The van der Waals surface area contributed by atoms with Gasteiger partial charge in [0.1, 0.15) is 5.78 Å². The molecule has 1 atom stereocenters. The molecule has 0 radical (unpaired) electrons. The van der Waals surface area contributed by atoms with Crippen LogP contribution in [-0.2, 0) is 4.79 Å². The van der Waals surface area contributed by atoms with Crippen LogP contribution in [0.3, 0.4) is 0 Å². The zero-order valence-corrected chi connectivity index (χ0v) is 7.06. The molecule has 6 heteroatoms. The van der Waals surface area contributed by atoms with Gasteiger partial charge >= 0.3 is 6.18 Å². The van der Waals surface area contributed by atoms with Crippen molar-refractivity contribution in [2.24, 2.45) is 0 Å². The highest BCUT2D eigenvalue weighted by Crippen LogP contribution is 2.35. The highest BCUT2D eigenvalue weighted by Gasteiger charge is 2.53. The van der Waals surface area contributed by atoms with Crippen molar-refractivity contribution in [3.8, 4) is 0 Å². The quantitative estimate of drug-likeness (QED) is 0.700. The second-order valence-corrected chi connectivity index (χ2v) is 2.88. The smallest absolute Gasteiger partial charge is 0.396 e. The van der Waals surface area contributed by atoms with Crippen LogP contribution in [-0.4, -0.2) is 34.4 Å². The van der Waals surface area contributed by atoms with Gasteiger partial charge in [0.15, 0.2) is 5.60 Å². The Balaban J connectivity index is 4.62. The fraction of sp³-hybridized carbons (Fsp3) is 0.857. The summed E-state index contributed by atoms with van der Waals surface area (Å²) in [6, 6.07) is 0. The van der Waals surface area contributed by atoms with E-state index in [0.717, 1.165) is 6.92 Å². The molecule has 1 unspecified atom stereocenters. The van der Waals surface area contributed by atoms with Gasteiger partial charge in [0.25, 0.3) is 0 Å². The fourth-order valence-corrected chi connectivity index (χ4v) is 0.927. The molecule has 0 spiro atoms. The highest BCUT2D eigenvalue weighted by molar-refractivity contribution is 5.76. The molecule has 3 nitrogen and oxygen atoms in total. The lowest BCUT2D eigenvalue weighted by Crippen LogP contribution is -2.47. The topological polar surface area (TPSA) is 57.5 Å². The standard InChI is InChI=1S/C7H11F3O3/c1-5(12)4-6(13,2-3-11)7(8,9)10/h11,13H,2-4H2,1H3. The van der Waals surface area contributed by atoms with Gasteiger partial charge in [-0.1, -0.05) is 0 Å². The lowest BCUT2D eigenvalue weighted by molar-refractivity contribution is -0.264. The predicted molar refractivity (Wildman–Crippen MR) is 38.0 cm³/mol. The Labute approximate surface area is 73.2 Å². The van der Waals surface area contributed by atoms with Crippen LogP contribution < -0.4 is 0 Å². The van der Waals surface area contributed by atoms with Crippen molar-refractivity contribution in [2.45, 2.75) is 31.5 Å². The van der Waals surface area contributed by atoms with E-state index in [1.54, 1.807) is 0 Å². The number of halogens is 3. The fourth-order valence-electron chi connectivity index (χ4n) is 0.927. The normalized spacial score (nSPS) is 16.8. The molecule has 2 N–H and O–H groups in total. The Bertz CT molecular complexity index is 190. The zero-order valence-electron chi connectivity index (χ0n) is 7.06. The number of rotatable bonds is 4. The maximum absolute atomic E-state index is 12.1. The number of aliphatic hydroxyl groups excluding tert-OH is 1. The van der Waals surface area contributed by atoms with Gasteiger partial charge in [0, 0.05) is 19.4 Å². The predicted octanol–water partition coefficient (Wildman–Crippen LogP) is 0.641. The lowest BCUT2D eigenvalue weighted by atomic mass is 9.93. The molecular weight excluding hydrogens is 189 g/mol. The number of Topliss-reactive ketones (excluding diaryl/α,β-unsaturated/α-hetero) is 1. The summed E-state index contributed by atoms with van der Waals surface area (Å²) < 4.78 is 36.4. The minimum Gasteiger partial charge on any atom is -0.396 e. The first kappa shape index (κ1) is 12.4. The minimum atomic E-state index is -4.89. The number of alkyl halides is 3. The molecule has 78 valence electrons. The van der Waals surface area contributed by atoms with Gasteiger partial charge in [-0.25, -0.2) is 0 Å². The van der Waals surface area contributed by atoms with Crippen LogP contribution in [0.1, 0.15) is 19.8 Å². The molecule has 0 heterocycles. The largest absolute Gasteiger partial charge is 0.417 e. The van der Waals surface area contributed by atoms with E-state index >= 15 is 0 Å². The summed E-state index contributed by atoms with van der Waals surface area (Å²) in [4.78, 5) is 10.4. The van der Waals surface area contributed by atoms with Gasteiger partial charge in [0.2, 0.25) is 0 Å². The van der Waals surface area contributed by atoms with E-state index in [-0.39, 0.29) is 0 Å². The SMILES string of the molecule is CC(=O)CC(O)(CCO)C(F)(F)F. The average molecular weight is 200 g/mol. The van der Waals surface area contributed by atoms with E-state index in [4.69, 9.17) is 10.2 Å². The first-order chi connectivity index (χ1) is 5.73. The Kier molecular flexibility index (Phi) is 3.87. The second-order valence-electron chi connectivity index (χ2n) is 2.88. The molecule has 0 aliphatic heterocycles. The molecule has 0 aromatic carbocycles. The molecule has 0 aliphatic carbocycles. The van der Waals surface area contributed by atoms with E-state index in [9.17, 15) is 18.0 Å². The van der Waals surface area contributed by atoms with Crippen molar-refractivity contribution in [2.75, 3.05) is 6.61 Å². The summed E-state index contributed by atoms with van der Waals surface area (Å²) in [5.74, 6) is -0.770. The molecular formula is C7H11F3O3. The molecule has 0 rings (SSSR count). The van der Waals surface area contributed by atoms with Crippen molar-refractivity contribution in [3.63, 3.8) is 0 Å². The Morgan fingerprint density at radius 1 is 1.38 bits per heavy atom. The Hall–Kier alpha value is -0.620. The molecule has 0 aromatic heterocycles. The van der Waals surface area contributed by atoms with Crippen LogP contribution in [0.25, 0.3) is 0 Å². The van der Waals surface area contributed by atoms with Crippen molar-refractivity contribution >= 4 is 5.78 Å². The maximum Gasteiger partial charge on any atom is 0.417 e. The number of hydrogen-bond donors (Lipinski definition) is 2. The van der Waals surface area contributed by atoms with Crippen molar-refractivity contribution in [1.29, 1.82) is 0 Å². The minimum absolute atomic E-state index is 0.770. The third-order valence-electron chi connectivity index (χ3n) is 1.59. The number of aliphatic hydroxyl groups is 2. The van der Waals surface area contributed by atoms with Gasteiger partial charge in [-0.05, 0) is 6.92 Å². The van der Waals surface area contributed by atoms with E-state index in [1.165, 1.54) is 0 Å². The van der Waals surface area contributed by atoms with Crippen LogP contribution in [0.2, 0.25) is 0 Å². The molecule has 0 amide bonds. The zero-order chi connectivity index (χ0) is 10.7. The van der Waals surface area contributed by atoms with Gasteiger partial charge in [-0.15, -0.1) is 0 Å². The summed E-state index contributed by atoms with van der Waals surface area (Å²) in [7, 11) is 0. The van der Waals surface area contributed by atoms with Gasteiger partial charge in [-0.2, -0.15) is 13.2 Å². The molecule has 13 heavy (non-hydrogen) atoms.